The lowest BCUT2D eigenvalue weighted by Crippen LogP contribution is -2.25. The third-order valence-corrected chi connectivity index (χ3v) is 4.51. The van der Waals surface area contributed by atoms with E-state index < -0.39 is 0 Å². The second-order valence-corrected chi connectivity index (χ2v) is 5.92. The molecule has 0 bridgehead atoms. The van der Waals surface area contributed by atoms with Crippen molar-refractivity contribution in [2.75, 3.05) is 44.4 Å². The van der Waals surface area contributed by atoms with Crippen molar-refractivity contribution in [3.05, 3.63) is 0 Å². The predicted octanol–water partition coefficient (Wildman–Crippen LogP) is 2.04. The Labute approximate surface area is 106 Å². The van der Waals surface area contributed by atoms with Crippen LogP contribution in [0.25, 0.3) is 0 Å². The van der Waals surface area contributed by atoms with Gasteiger partial charge in [0.1, 0.15) is 0 Å². The van der Waals surface area contributed by atoms with Crippen LogP contribution in [0.2, 0.25) is 0 Å². The molecule has 0 saturated heterocycles. The summed E-state index contributed by atoms with van der Waals surface area (Å²) in [6.07, 6.45) is 0. The molecule has 0 radical (unpaired) electrons. The van der Waals surface area contributed by atoms with Crippen LogP contribution in [0.15, 0.2) is 4.34 Å². The van der Waals surface area contributed by atoms with Crippen LogP contribution in [0.4, 0.5) is 5.13 Å². The van der Waals surface area contributed by atoms with Gasteiger partial charge in [0.05, 0.1) is 0 Å². The Balaban J connectivity index is 2.31. The van der Waals surface area contributed by atoms with E-state index in [9.17, 15) is 0 Å². The van der Waals surface area contributed by atoms with E-state index >= 15 is 0 Å². The molecule has 0 atom stereocenters. The molecule has 1 rings (SSSR count). The lowest BCUT2D eigenvalue weighted by Gasteiger charge is -2.16. The Kier molecular flexibility index (Phi) is 6.08. The third-order valence-electron chi connectivity index (χ3n) is 2.31. The number of thioether (sulfide) groups is 1. The van der Waals surface area contributed by atoms with Crippen LogP contribution in [-0.4, -0.2) is 54.6 Å². The number of rotatable bonds is 7. The Morgan fingerprint density at radius 1 is 1.19 bits per heavy atom. The van der Waals surface area contributed by atoms with Crippen molar-refractivity contribution < 1.29 is 0 Å². The van der Waals surface area contributed by atoms with Gasteiger partial charge in [-0.1, -0.05) is 36.9 Å². The summed E-state index contributed by atoms with van der Waals surface area (Å²) in [5.74, 6) is 1.09. The molecule has 0 spiro atoms. The Morgan fingerprint density at radius 3 is 2.38 bits per heavy atom. The molecule has 0 aliphatic heterocycles. The fourth-order valence-electron chi connectivity index (χ4n) is 1.24. The van der Waals surface area contributed by atoms with Crippen molar-refractivity contribution in [1.29, 1.82) is 0 Å². The van der Waals surface area contributed by atoms with E-state index in [0.29, 0.717) is 0 Å². The number of anilines is 1. The summed E-state index contributed by atoms with van der Waals surface area (Å²) < 4.78 is 1.07. The second-order valence-electron chi connectivity index (χ2n) is 3.62. The molecule has 4 nitrogen and oxygen atoms in total. The monoisotopic (exact) mass is 260 g/mol. The molecule has 0 N–H and O–H groups in total. The zero-order valence-electron chi connectivity index (χ0n) is 10.4. The molecule has 16 heavy (non-hydrogen) atoms. The molecule has 0 amide bonds. The van der Waals surface area contributed by atoms with Crippen LogP contribution < -0.4 is 4.90 Å². The lowest BCUT2D eigenvalue weighted by molar-refractivity contribution is 0.324. The largest absolute Gasteiger partial charge is 0.353 e. The smallest absolute Gasteiger partial charge is 0.208 e. The van der Waals surface area contributed by atoms with Crippen LogP contribution in [0.3, 0.4) is 0 Å². The van der Waals surface area contributed by atoms with Crippen molar-refractivity contribution in [1.82, 2.24) is 15.1 Å². The topological polar surface area (TPSA) is 32.3 Å². The van der Waals surface area contributed by atoms with Gasteiger partial charge in [-0.25, -0.2) is 0 Å². The Morgan fingerprint density at radius 2 is 1.88 bits per heavy atom. The second kappa shape index (κ2) is 7.09. The van der Waals surface area contributed by atoms with E-state index in [4.69, 9.17) is 0 Å². The van der Waals surface area contributed by atoms with Gasteiger partial charge < -0.3 is 9.80 Å². The molecule has 1 aromatic rings. The van der Waals surface area contributed by atoms with E-state index in [1.807, 2.05) is 19.0 Å². The number of nitrogens with zero attached hydrogens (tertiary/aromatic N) is 4. The van der Waals surface area contributed by atoms with Gasteiger partial charge in [-0.15, -0.1) is 10.2 Å². The molecule has 0 saturated carbocycles. The maximum atomic E-state index is 4.16. The maximum Gasteiger partial charge on any atom is 0.208 e. The number of aromatic nitrogens is 2. The summed E-state index contributed by atoms with van der Waals surface area (Å²) in [7, 11) is 3.98. The first kappa shape index (κ1) is 13.7. The average Bonchev–Trinajstić information content (AvgIpc) is 2.73. The van der Waals surface area contributed by atoms with E-state index in [0.717, 1.165) is 34.9 Å². The molecule has 6 heteroatoms. The minimum absolute atomic E-state index is 0.977. The predicted molar refractivity (Wildman–Crippen MR) is 72.7 cm³/mol. The number of hydrogen-bond donors (Lipinski definition) is 0. The van der Waals surface area contributed by atoms with Crippen LogP contribution in [-0.2, 0) is 0 Å². The quantitative estimate of drug-likeness (QED) is 0.701. The minimum atomic E-state index is 0.977. The highest BCUT2D eigenvalue weighted by Gasteiger charge is 2.06. The first-order valence-electron chi connectivity index (χ1n) is 5.53. The van der Waals surface area contributed by atoms with Crippen LogP contribution >= 0.6 is 23.1 Å². The average molecular weight is 260 g/mol. The summed E-state index contributed by atoms with van der Waals surface area (Å²) in [6.45, 7) is 7.76. The Bertz CT molecular complexity index is 297. The molecular formula is C10H20N4S2. The molecule has 1 aromatic heterocycles. The number of hydrogen-bond acceptors (Lipinski definition) is 6. The van der Waals surface area contributed by atoms with Crippen molar-refractivity contribution >= 4 is 28.2 Å². The van der Waals surface area contributed by atoms with E-state index in [1.54, 1.807) is 23.1 Å². The zero-order valence-corrected chi connectivity index (χ0v) is 12.1. The lowest BCUT2D eigenvalue weighted by atomic mass is 10.5. The summed E-state index contributed by atoms with van der Waals surface area (Å²) in [5, 5.41) is 9.25. The standard InChI is InChI=1S/C10H20N4S2/c1-5-14(6-2)7-8-15-10-12-11-9(16-10)13(3)4/h5-8H2,1-4H3. The molecule has 0 aliphatic carbocycles. The third kappa shape index (κ3) is 4.27. The summed E-state index contributed by atoms with van der Waals surface area (Å²) in [5.41, 5.74) is 0. The highest BCUT2D eigenvalue weighted by Crippen LogP contribution is 2.26. The highest BCUT2D eigenvalue weighted by molar-refractivity contribution is 8.01. The summed E-state index contributed by atoms with van der Waals surface area (Å²) >= 11 is 3.45. The van der Waals surface area contributed by atoms with Gasteiger partial charge in [0.15, 0.2) is 4.34 Å². The van der Waals surface area contributed by atoms with Crippen LogP contribution in [0, 0.1) is 0 Å². The molecule has 0 fully saturated rings. The zero-order chi connectivity index (χ0) is 12.0. The van der Waals surface area contributed by atoms with Crippen molar-refractivity contribution in [3.63, 3.8) is 0 Å². The minimum Gasteiger partial charge on any atom is -0.353 e. The molecule has 1 heterocycles. The SMILES string of the molecule is CCN(CC)CCSc1nnc(N(C)C)s1. The van der Waals surface area contributed by atoms with Crippen molar-refractivity contribution in [3.8, 4) is 0 Å². The summed E-state index contributed by atoms with van der Waals surface area (Å²) in [4.78, 5) is 4.41. The first-order valence-corrected chi connectivity index (χ1v) is 7.33. The van der Waals surface area contributed by atoms with Gasteiger partial charge in [-0.05, 0) is 13.1 Å². The normalized spacial score (nSPS) is 11.1. The van der Waals surface area contributed by atoms with Crippen LogP contribution in [0.5, 0.6) is 0 Å². The molecule has 92 valence electrons. The van der Waals surface area contributed by atoms with Gasteiger partial charge in [0.25, 0.3) is 0 Å². The summed E-state index contributed by atoms with van der Waals surface area (Å²) in [6, 6.07) is 0. The van der Waals surface area contributed by atoms with Gasteiger partial charge in [0, 0.05) is 26.4 Å². The van der Waals surface area contributed by atoms with Gasteiger partial charge in [-0.2, -0.15) is 0 Å². The van der Waals surface area contributed by atoms with E-state index in [-0.39, 0.29) is 0 Å². The van der Waals surface area contributed by atoms with Gasteiger partial charge in [0.2, 0.25) is 5.13 Å². The fraction of sp³-hybridized carbons (Fsp3) is 0.800. The van der Waals surface area contributed by atoms with Crippen molar-refractivity contribution in [2.24, 2.45) is 0 Å². The first-order chi connectivity index (χ1) is 7.67. The van der Waals surface area contributed by atoms with E-state index in [2.05, 4.69) is 28.9 Å². The highest BCUT2D eigenvalue weighted by atomic mass is 32.2. The van der Waals surface area contributed by atoms with Gasteiger partial charge in [-0.3, -0.25) is 0 Å². The van der Waals surface area contributed by atoms with E-state index in [1.165, 1.54) is 0 Å². The Hall–Kier alpha value is -0.330. The molecule has 0 aromatic carbocycles. The molecule has 0 unspecified atom stereocenters. The molecular weight excluding hydrogens is 240 g/mol. The fourth-order valence-corrected chi connectivity index (χ4v) is 3.08. The molecule has 0 aliphatic rings. The van der Waals surface area contributed by atoms with Crippen LogP contribution in [0.1, 0.15) is 13.8 Å². The van der Waals surface area contributed by atoms with Gasteiger partial charge >= 0.3 is 0 Å². The maximum absolute atomic E-state index is 4.16. The van der Waals surface area contributed by atoms with Crippen molar-refractivity contribution in [2.45, 2.75) is 18.2 Å².